The van der Waals surface area contributed by atoms with Gasteiger partial charge in [-0.1, -0.05) is 45.6 Å². The molecule has 0 aliphatic carbocycles. The van der Waals surface area contributed by atoms with Gasteiger partial charge in [0.1, 0.15) is 6.54 Å². The average Bonchev–Trinajstić information content (AvgIpc) is 2.37. The van der Waals surface area contributed by atoms with Crippen molar-refractivity contribution in [2.45, 2.75) is 71.8 Å². The van der Waals surface area contributed by atoms with Gasteiger partial charge in [-0.2, -0.15) is 0 Å². The van der Waals surface area contributed by atoms with Crippen LogP contribution in [0.1, 0.15) is 64.5 Å². The summed E-state index contributed by atoms with van der Waals surface area (Å²) in [7, 11) is 0. The molecule has 0 aliphatic rings. The molecule has 0 aromatic carbocycles. The third-order valence-corrected chi connectivity index (χ3v) is 3.32. The number of nitrogens with zero attached hydrogens (tertiary/aromatic N) is 1. The minimum absolute atomic E-state index is 0. The lowest BCUT2D eigenvalue weighted by Gasteiger charge is -2.03. The molecule has 104 valence electrons. The molecule has 0 bridgehead atoms. The van der Waals surface area contributed by atoms with Crippen LogP contribution in [0.25, 0.3) is 0 Å². The molecule has 1 aromatic rings. The number of halogens is 1. The first kappa shape index (κ1) is 17.1. The van der Waals surface area contributed by atoms with E-state index in [2.05, 4.69) is 42.8 Å². The molecule has 0 aliphatic heterocycles. The molecule has 1 aromatic heterocycles. The summed E-state index contributed by atoms with van der Waals surface area (Å²) in [6, 6.07) is 6.60. The maximum atomic E-state index is 2.45. The van der Waals surface area contributed by atoms with Crippen molar-refractivity contribution in [3.8, 4) is 0 Å². The van der Waals surface area contributed by atoms with Crippen molar-refractivity contribution in [2.75, 3.05) is 0 Å². The van der Waals surface area contributed by atoms with Gasteiger partial charge >= 0.3 is 0 Å². The Labute approximate surface area is 112 Å². The predicted octanol–water partition coefficient (Wildman–Crippen LogP) is 1.29. The lowest BCUT2D eigenvalue weighted by molar-refractivity contribution is -0.704. The van der Waals surface area contributed by atoms with E-state index in [1.807, 2.05) is 0 Å². The van der Waals surface area contributed by atoms with Crippen molar-refractivity contribution in [1.82, 2.24) is 0 Å². The molecule has 2 heteroatoms. The second kappa shape index (κ2) is 11.2. The third-order valence-electron chi connectivity index (χ3n) is 3.32. The van der Waals surface area contributed by atoms with Crippen LogP contribution in [0.5, 0.6) is 0 Å². The van der Waals surface area contributed by atoms with Crippen LogP contribution in [0.3, 0.4) is 0 Å². The van der Waals surface area contributed by atoms with Crippen LogP contribution in [0.4, 0.5) is 0 Å². The molecule has 0 N–H and O–H groups in total. The quantitative estimate of drug-likeness (QED) is 0.461. The molecule has 0 amide bonds. The fraction of sp³-hybridized carbons (Fsp3) is 0.688. The Balaban J connectivity index is 0.00000289. The first-order chi connectivity index (χ1) is 8.38. The highest BCUT2D eigenvalue weighted by atomic mass is 19.0. The summed E-state index contributed by atoms with van der Waals surface area (Å²) in [6.07, 6.45) is 12.9. The zero-order valence-electron chi connectivity index (χ0n) is 12.0. The lowest BCUT2D eigenvalue weighted by Crippen LogP contribution is -3.00. The maximum absolute atomic E-state index is 2.45. The highest BCUT2D eigenvalue weighted by Gasteiger charge is 2.07. The highest BCUT2D eigenvalue weighted by Crippen LogP contribution is 2.04. The van der Waals surface area contributed by atoms with Gasteiger partial charge in [0.25, 0.3) is 0 Å². The molecular formula is C16H28FN. The van der Waals surface area contributed by atoms with Crippen LogP contribution in [0.2, 0.25) is 0 Å². The largest absolute Gasteiger partial charge is 1.00 e. The smallest absolute Gasteiger partial charge is 0.181 e. The summed E-state index contributed by atoms with van der Waals surface area (Å²) in [4.78, 5) is 0. The topological polar surface area (TPSA) is 3.88 Å². The van der Waals surface area contributed by atoms with Gasteiger partial charge in [-0.3, -0.25) is 0 Å². The van der Waals surface area contributed by atoms with E-state index in [0.717, 1.165) is 0 Å². The fourth-order valence-electron chi connectivity index (χ4n) is 2.20. The molecule has 1 heterocycles. The molecule has 0 saturated heterocycles. The summed E-state index contributed by atoms with van der Waals surface area (Å²) >= 11 is 0. The zero-order chi connectivity index (χ0) is 12.3. The normalized spacial score (nSPS) is 10.1. The van der Waals surface area contributed by atoms with E-state index in [-0.39, 0.29) is 4.70 Å². The Morgan fingerprint density at radius 3 is 2.33 bits per heavy atom. The van der Waals surface area contributed by atoms with Crippen LogP contribution in [0.15, 0.2) is 24.4 Å². The van der Waals surface area contributed by atoms with Crippen molar-refractivity contribution >= 4 is 0 Å². The molecule has 18 heavy (non-hydrogen) atoms. The van der Waals surface area contributed by atoms with Crippen molar-refractivity contribution in [3.05, 3.63) is 30.1 Å². The van der Waals surface area contributed by atoms with Gasteiger partial charge in [-0.05, 0) is 12.8 Å². The highest BCUT2D eigenvalue weighted by molar-refractivity contribution is 4.97. The summed E-state index contributed by atoms with van der Waals surface area (Å²) in [6.45, 7) is 5.73. The molecule has 0 saturated carbocycles. The average molecular weight is 253 g/mol. The number of hydrogen-bond donors (Lipinski definition) is 0. The van der Waals surface area contributed by atoms with Gasteiger partial charge in [-0.15, -0.1) is 0 Å². The Hall–Kier alpha value is -0.920. The summed E-state index contributed by atoms with van der Waals surface area (Å²) in [5.41, 5.74) is 1.50. The maximum Gasteiger partial charge on any atom is 0.181 e. The van der Waals surface area contributed by atoms with Gasteiger partial charge in [-0.25, -0.2) is 4.57 Å². The van der Waals surface area contributed by atoms with Gasteiger partial charge in [0, 0.05) is 25.0 Å². The molecule has 0 unspecified atom stereocenters. The Bertz CT molecular complexity index is 299. The number of rotatable bonds is 9. The van der Waals surface area contributed by atoms with Gasteiger partial charge in [0.05, 0.1) is 0 Å². The Morgan fingerprint density at radius 2 is 1.61 bits per heavy atom. The minimum Gasteiger partial charge on any atom is -1.00 e. The van der Waals surface area contributed by atoms with Crippen LogP contribution in [0, 0.1) is 0 Å². The van der Waals surface area contributed by atoms with E-state index < -0.39 is 0 Å². The third kappa shape index (κ3) is 6.73. The second-order valence-electron chi connectivity index (χ2n) is 4.90. The van der Waals surface area contributed by atoms with Crippen LogP contribution < -0.4 is 9.27 Å². The standard InChI is InChI=1S/C16H28N.FH/c1-3-5-7-8-10-14-17-15-11-9-13-16(17)12-6-4-2;/h9,11,13,15H,3-8,10,12,14H2,1-2H3;1H/q+1;/p-1. The lowest BCUT2D eigenvalue weighted by atomic mass is 10.1. The number of pyridine rings is 1. The predicted molar refractivity (Wildman–Crippen MR) is 74.0 cm³/mol. The van der Waals surface area contributed by atoms with Crippen molar-refractivity contribution < 1.29 is 9.27 Å². The van der Waals surface area contributed by atoms with E-state index in [1.54, 1.807) is 0 Å². The first-order valence-corrected chi connectivity index (χ1v) is 7.35. The number of hydrogen-bond acceptors (Lipinski definition) is 0. The Morgan fingerprint density at radius 1 is 0.889 bits per heavy atom. The molecule has 1 nitrogen and oxygen atoms in total. The Kier molecular flexibility index (Phi) is 10.6. The molecule has 0 atom stereocenters. The van der Waals surface area contributed by atoms with Crippen molar-refractivity contribution in [2.24, 2.45) is 0 Å². The monoisotopic (exact) mass is 253 g/mol. The summed E-state index contributed by atoms with van der Waals surface area (Å²) in [5, 5.41) is 0. The molecular weight excluding hydrogens is 225 g/mol. The summed E-state index contributed by atoms with van der Waals surface area (Å²) < 4.78 is 2.45. The van der Waals surface area contributed by atoms with Gasteiger partial charge < -0.3 is 4.70 Å². The van der Waals surface area contributed by atoms with Crippen molar-refractivity contribution in [1.29, 1.82) is 0 Å². The SMILES string of the molecule is CCCCCCC[n+]1ccccc1CCCC.[F-]. The van der Waals surface area contributed by atoms with E-state index in [0.29, 0.717) is 0 Å². The summed E-state index contributed by atoms with van der Waals surface area (Å²) in [5.74, 6) is 0. The minimum atomic E-state index is 0. The number of aryl methyl sites for hydroxylation is 2. The van der Waals surface area contributed by atoms with E-state index >= 15 is 0 Å². The van der Waals surface area contributed by atoms with Crippen LogP contribution >= 0.6 is 0 Å². The number of unbranched alkanes of at least 4 members (excludes halogenated alkanes) is 5. The van der Waals surface area contributed by atoms with Gasteiger partial charge in [0.2, 0.25) is 0 Å². The first-order valence-electron chi connectivity index (χ1n) is 7.35. The van der Waals surface area contributed by atoms with E-state index in [1.165, 1.54) is 63.6 Å². The molecule has 1 rings (SSSR count). The second-order valence-corrected chi connectivity index (χ2v) is 4.90. The van der Waals surface area contributed by atoms with E-state index in [4.69, 9.17) is 0 Å². The molecule has 0 fully saturated rings. The fourth-order valence-corrected chi connectivity index (χ4v) is 2.20. The van der Waals surface area contributed by atoms with Crippen molar-refractivity contribution in [3.63, 3.8) is 0 Å². The van der Waals surface area contributed by atoms with Crippen LogP contribution in [-0.4, -0.2) is 0 Å². The van der Waals surface area contributed by atoms with E-state index in [9.17, 15) is 0 Å². The number of aromatic nitrogens is 1. The molecule has 0 radical (unpaired) electrons. The van der Waals surface area contributed by atoms with Gasteiger partial charge in [0.15, 0.2) is 11.9 Å². The van der Waals surface area contributed by atoms with Crippen LogP contribution in [-0.2, 0) is 13.0 Å². The molecule has 0 spiro atoms. The zero-order valence-corrected chi connectivity index (χ0v) is 12.0.